The molecule has 0 radical (unpaired) electrons. The molecule has 0 aliphatic rings. The van der Waals surface area contributed by atoms with Crippen molar-refractivity contribution < 1.29 is 5.11 Å². The molecule has 0 aromatic carbocycles. The largest absolute Gasteiger partial charge is 0.390 e. The highest BCUT2D eigenvalue weighted by molar-refractivity contribution is 4.67. The molecular weight excluding hydrogens is 176 g/mol. The summed E-state index contributed by atoms with van der Waals surface area (Å²) >= 11 is 0. The third kappa shape index (κ3) is 5.58. The lowest BCUT2D eigenvalue weighted by molar-refractivity contribution is 0.110. The molecule has 0 rings (SSSR count). The fourth-order valence-corrected chi connectivity index (χ4v) is 1.62. The quantitative estimate of drug-likeness (QED) is 0.619. The van der Waals surface area contributed by atoms with Crippen LogP contribution in [-0.4, -0.2) is 42.3 Å². The third-order valence-corrected chi connectivity index (χ3v) is 2.86. The van der Waals surface area contributed by atoms with Crippen molar-refractivity contribution in [2.24, 2.45) is 11.7 Å². The van der Waals surface area contributed by atoms with Gasteiger partial charge in [0.15, 0.2) is 0 Å². The summed E-state index contributed by atoms with van der Waals surface area (Å²) in [5, 5.41) is 9.45. The smallest absolute Gasteiger partial charge is 0.0789 e. The van der Waals surface area contributed by atoms with Gasteiger partial charge in [0.1, 0.15) is 0 Å². The first-order valence-corrected chi connectivity index (χ1v) is 5.78. The van der Waals surface area contributed by atoms with Gasteiger partial charge in [0.05, 0.1) is 6.10 Å². The number of aliphatic hydroxyl groups excluding tert-OH is 1. The number of likely N-dealkylation sites (N-methyl/N-ethyl adjacent to an activating group) is 1. The van der Waals surface area contributed by atoms with Crippen molar-refractivity contribution in [3.05, 3.63) is 0 Å². The fourth-order valence-electron chi connectivity index (χ4n) is 1.62. The molecule has 0 spiro atoms. The number of hydrogen-bond acceptors (Lipinski definition) is 3. The van der Waals surface area contributed by atoms with Crippen LogP contribution >= 0.6 is 0 Å². The van der Waals surface area contributed by atoms with Crippen LogP contribution in [0.4, 0.5) is 0 Å². The maximum absolute atomic E-state index is 9.45. The van der Waals surface area contributed by atoms with Gasteiger partial charge in [-0.2, -0.15) is 0 Å². The van der Waals surface area contributed by atoms with Gasteiger partial charge < -0.3 is 15.7 Å². The molecule has 3 nitrogen and oxygen atoms in total. The van der Waals surface area contributed by atoms with E-state index in [0.717, 1.165) is 19.0 Å². The lowest BCUT2D eigenvalue weighted by Crippen LogP contribution is -2.38. The van der Waals surface area contributed by atoms with Crippen LogP contribution in [0.2, 0.25) is 0 Å². The van der Waals surface area contributed by atoms with Crippen LogP contribution in [0.3, 0.4) is 0 Å². The minimum Gasteiger partial charge on any atom is -0.390 e. The molecule has 1 atom stereocenters. The molecule has 0 aliphatic heterocycles. The van der Waals surface area contributed by atoms with E-state index in [9.17, 15) is 5.11 Å². The summed E-state index contributed by atoms with van der Waals surface area (Å²) in [5.41, 5.74) is 5.39. The van der Waals surface area contributed by atoms with Crippen LogP contribution in [0.5, 0.6) is 0 Å². The molecule has 0 aromatic rings. The zero-order valence-corrected chi connectivity index (χ0v) is 9.87. The van der Waals surface area contributed by atoms with E-state index in [-0.39, 0.29) is 6.10 Å². The van der Waals surface area contributed by atoms with Crippen LogP contribution in [0.25, 0.3) is 0 Å². The zero-order chi connectivity index (χ0) is 11.0. The van der Waals surface area contributed by atoms with Gasteiger partial charge in [-0.3, -0.25) is 0 Å². The first kappa shape index (κ1) is 13.9. The van der Waals surface area contributed by atoms with Crippen molar-refractivity contribution in [2.75, 3.05) is 26.2 Å². The van der Waals surface area contributed by atoms with Gasteiger partial charge in [-0.25, -0.2) is 0 Å². The van der Waals surface area contributed by atoms with E-state index >= 15 is 0 Å². The van der Waals surface area contributed by atoms with Crippen molar-refractivity contribution in [3.8, 4) is 0 Å². The van der Waals surface area contributed by atoms with Crippen molar-refractivity contribution >= 4 is 0 Å². The summed E-state index contributed by atoms with van der Waals surface area (Å²) in [4.78, 5) is 2.29. The SMILES string of the molecule is CCC(CC)CN(CC)CC(O)CN. The zero-order valence-electron chi connectivity index (χ0n) is 9.87. The maximum Gasteiger partial charge on any atom is 0.0789 e. The molecule has 0 amide bonds. The van der Waals surface area contributed by atoms with Gasteiger partial charge in [0, 0.05) is 19.6 Å². The number of nitrogens with two attached hydrogens (primary N) is 1. The Kier molecular flexibility index (Phi) is 8.14. The average Bonchev–Trinajstić information content (AvgIpc) is 2.23. The lowest BCUT2D eigenvalue weighted by atomic mass is 10.0. The molecular formula is C11H26N2O. The minimum absolute atomic E-state index is 0.361. The molecule has 0 saturated carbocycles. The Bertz CT molecular complexity index is 126. The van der Waals surface area contributed by atoms with Crippen molar-refractivity contribution in [1.82, 2.24) is 4.90 Å². The van der Waals surface area contributed by atoms with E-state index in [4.69, 9.17) is 5.73 Å². The predicted octanol–water partition coefficient (Wildman–Crippen LogP) is 1.06. The summed E-state index contributed by atoms with van der Waals surface area (Å²) < 4.78 is 0. The van der Waals surface area contributed by atoms with E-state index in [2.05, 4.69) is 25.7 Å². The first-order valence-electron chi connectivity index (χ1n) is 5.78. The second kappa shape index (κ2) is 8.21. The van der Waals surface area contributed by atoms with Gasteiger partial charge in [-0.1, -0.05) is 33.6 Å². The van der Waals surface area contributed by atoms with E-state index in [1.54, 1.807) is 0 Å². The standard InChI is InChI=1S/C11H26N2O/c1-4-10(5-2)8-13(6-3)9-11(14)7-12/h10-11,14H,4-9,12H2,1-3H3. The highest BCUT2D eigenvalue weighted by Crippen LogP contribution is 2.09. The second-order valence-corrected chi connectivity index (χ2v) is 3.92. The average molecular weight is 202 g/mol. The Morgan fingerprint density at radius 2 is 1.71 bits per heavy atom. The molecule has 0 bridgehead atoms. The fraction of sp³-hybridized carbons (Fsp3) is 1.00. The van der Waals surface area contributed by atoms with Gasteiger partial charge in [0.2, 0.25) is 0 Å². The third-order valence-electron chi connectivity index (χ3n) is 2.86. The predicted molar refractivity (Wildman–Crippen MR) is 61.2 cm³/mol. The van der Waals surface area contributed by atoms with Gasteiger partial charge in [0.25, 0.3) is 0 Å². The van der Waals surface area contributed by atoms with Crippen LogP contribution in [0, 0.1) is 5.92 Å². The summed E-state index contributed by atoms with van der Waals surface area (Å²) in [6.07, 6.45) is 2.06. The molecule has 0 saturated heterocycles. The Morgan fingerprint density at radius 3 is 2.07 bits per heavy atom. The Labute approximate surface area is 88.3 Å². The van der Waals surface area contributed by atoms with Crippen LogP contribution in [0.1, 0.15) is 33.6 Å². The van der Waals surface area contributed by atoms with Crippen molar-refractivity contribution in [3.63, 3.8) is 0 Å². The Hall–Kier alpha value is -0.120. The Morgan fingerprint density at radius 1 is 1.14 bits per heavy atom. The monoisotopic (exact) mass is 202 g/mol. The topological polar surface area (TPSA) is 49.5 Å². The molecule has 0 heterocycles. The van der Waals surface area contributed by atoms with Crippen LogP contribution in [0.15, 0.2) is 0 Å². The minimum atomic E-state index is -0.371. The van der Waals surface area contributed by atoms with Gasteiger partial charge in [-0.15, -0.1) is 0 Å². The van der Waals surface area contributed by atoms with Crippen molar-refractivity contribution in [1.29, 1.82) is 0 Å². The summed E-state index contributed by atoms with van der Waals surface area (Å²) in [5.74, 6) is 0.750. The molecule has 0 fully saturated rings. The first-order chi connectivity index (χ1) is 6.67. The molecule has 0 aromatic heterocycles. The van der Waals surface area contributed by atoms with E-state index in [1.807, 2.05) is 0 Å². The number of nitrogens with zero attached hydrogens (tertiary/aromatic N) is 1. The van der Waals surface area contributed by atoms with Crippen molar-refractivity contribution in [2.45, 2.75) is 39.7 Å². The second-order valence-electron chi connectivity index (χ2n) is 3.92. The van der Waals surface area contributed by atoms with Crippen LogP contribution < -0.4 is 5.73 Å². The summed E-state index contributed by atoms with van der Waals surface area (Å²) in [7, 11) is 0. The maximum atomic E-state index is 9.45. The number of rotatable bonds is 8. The number of aliphatic hydroxyl groups is 1. The van der Waals surface area contributed by atoms with E-state index in [0.29, 0.717) is 13.1 Å². The molecule has 14 heavy (non-hydrogen) atoms. The molecule has 86 valence electrons. The van der Waals surface area contributed by atoms with E-state index < -0.39 is 0 Å². The van der Waals surface area contributed by atoms with Gasteiger partial charge in [-0.05, 0) is 12.5 Å². The normalized spacial score (nSPS) is 13.9. The molecule has 3 N–H and O–H groups in total. The highest BCUT2D eigenvalue weighted by atomic mass is 16.3. The Balaban J connectivity index is 3.88. The summed E-state index contributed by atoms with van der Waals surface area (Å²) in [6, 6.07) is 0. The van der Waals surface area contributed by atoms with E-state index in [1.165, 1.54) is 12.8 Å². The van der Waals surface area contributed by atoms with Crippen LogP contribution in [-0.2, 0) is 0 Å². The highest BCUT2D eigenvalue weighted by Gasteiger charge is 2.12. The molecule has 3 heteroatoms. The molecule has 0 aliphatic carbocycles. The van der Waals surface area contributed by atoms with Gasteiger partial charge >= 0.3 is 0 Å². The lowest BCUT2D eigenvalue weighted by Gasteiger charge is -2.26. The molecule has 1 unspecified atom stereocenters. The number of hydrogen-bond donors (Lipinski definition) is 2. The summed E-state index contributed by atoms with van der Waals surface area (Å²) in [6.45, 7) is 9.73.